The van der Waals surface area contributed by atoms with Gasteiger partial charge in [0.25, 0.3) is 0 Å². The van der Waals surface area contributed by atoms with Gasteiger partial charge in [0, 0.05) is 38.3 Å². The minimum absolute atomic E-state index is 0.240. The maximum atomic E-state index is 15.7. The molecule has 2 aromatic rings. The van der Waals surface area contributed by atoms with E-state index in [1.54, 1.807) is 6.21 Å². The number of morpholine rings is 1. The maximum Gasteiger partial charge on any atom is 0.207 e. The molecule has 0 aliphatic carbocycles. The summed E-state index contributed by atoms with van der Waals surface area (Å²) < 4.78 is 27.1. The fourth-order valence-corrected chi connectivity index (χ4v) is 3.99. The van der Waals surface area contributed by atoms with Crippen LogP contribution in [-0.4, -0.2) is 68.6 Å². The van der Waals surface area contributed by atoms with Crippen molar-refractivity contribution < 1.29 is 13.9 Å². The highest BCUT2D eigenvalue weighted by molar-refractivity contribution is 5.80. The molecule has 34 heavy (non-hydrogen) atoms. The second-order valence-electron chi connectivity index (χ2n) is 8.63. The van der Waals surface area contributed by atoms with Crippen LogP contribution >= 0.6 is 0 Å². The fourth-order valence-electron chi connectivity index (χ4n) is 3.99. The lowest BCUT2D eigenvalue weighted by Crippen LogP contribution is -2.38. The molecule has 0 spiro atoms. The van der Waals surface area contributed by atoms with E-state index in [2.05, 4.69) is 34.3 Å². The molecule has 0 radical (unpaired) electrons. The van der Waals surface area contributed by atoms with Gasteiger partial charge in [-0.15, -0.1) is 0 Å². The van der Waals surface area contributed by atoms with Crippen molar-refractivity contribution in [2.45, 2.75) is 40.5 Å². The van der Waals surface area contributed by atoms with Gasteiger partial charge in [-0.3, -0.25) is 10.3 Å². The van der Waals surface area contributed by atoms with Crippen molar-refractivity contribution in [3.05, 3.63) is 46.8 Å². The zero-order chi connectivity index (χ0) is 24.3. The Labute approximate surface area is 203 Å². The molecule has 0 amide bonds. The van der Waals surface area contributed by atoms with Crippen LogP contribution in [0, 0.1) is 19.7 Å². The molecule has 1 N–H and O–H groups in total. The average molecular weight is 472 g/mol. The summed E-state index contributed by atoms with van der Waals surface area (Å²) in [6, 6.07) is 8.06. The summed E-state index contributed by atoms with van der Waals surface area (Å²) in [6.07, 6.45) is 3.54. The van der Waals surface area contributed by atoms with E-state index in [-0.39, 0.29) is 5.75 Å². The van der Waals surface area contributed by atoms with Crippen molar-refractivity contribution in [2.24, 2.45) is 5.10 Å². The molecule has 3 rings (SSSR count). The number of nitrogens with zero attached hydrogens (tertiary/aromatic N) is 4. The molecule has 8 heteroatoms. The number of hydrogen-bond donors (Lipinski definition) is 1. The van der Waals surface area contributed by atoms with Crippen LogP contribution in [0.3, 0.4) is 0 Å². The largest absolute Gasteiger partial charge is 0.489 e. The minimum atomic E-state index is -0.408. The fraction of sp³-hybridized carbons (Fsp3) is 0.538. The first-order valence-corrected chi connectivity index (χ1v) is 12.3. The number of halogens is 1. The lowest BCUT2D eigenvalue weighted by molar-refractivity contribution is 0.0320. The van der Waals surface area contributed by atoms with Gasteiger partial charge in [0.15, 0.2) is 17.4 Å². The highest BCUT2D eigenvalue weighted by atomic mass is 19.1. The number of benzene rings is 1. The van der Waals surface area contributed by atoms with Crippen molar-refractivity contribution in [3.63, 3.8) is 0 Å². The number of pyridine rings is 1. The molecule has 1 fully saturated rings. The summed E-state index contributed by atoms with van der Waals surface area (Å²) in [7, 11) is 0. The molecular formula is C26H38FN5O2. The molecule has 7 nitrogen and oxygen atoms in total. The molecule has 0 bridgehead atoms. The highest BCUT2D eigenvalue weighted by Crippen LogP contribution is 2.34. The molecule has 1 aliphatic heterocycles. The maximum absolute atomic E-state index is 15.7. The molecule has 1 aromatic carbocycles. The van der Waals surface area contributed by atoms with Gasteiger partial charge in [0.05, 0.1) is 19.4 Å². The number of rotatable bonds is 12. The van der Waals surface area contributed by atoms with Crippen molar-refractivity contribution in [1.29, 1.82) is 0 Å². The van der Waals surface area contributed by atoms with E-state index in [4.69, 9.17) is 9.47 Å². The van der Waals surface area contributed by atoms with Crippen molar-refractivity contribution in [1.82, 2.24) is 9.88 Å². The Hall–Kier alpha value is -2.71. The van der Waals surface area contributed by atoms with Crippen molar-refractivity contribution in [2.75, 3.05) is 62.9 Å². The van der Waals surface area contributed by atoms with Gasteiger partial charge >= 0.3 is 0 Å². The second-order valence-corrected chi connectivity index (χ2v) is 8.63. The first-order valence-electron chi connectivity index (χ1n) is 12.3. The number of hydrazone groups is 1. The third-order valence-electron chi connectivity index (χ3n) is 5.78. The third-order valence-corrected chi connectivity index (χ3v) is 5.78. The van der Waals surface area contributed by atoms with Crippen LogP contribution in [0.15, 0.2) is 29.4 Å². The van der Waals surface area contributed by atoms with Crippen LogP contribution in [0.2, 0.25) is 0 Å². The van der Waals surface area contributed by atoms with E-state index in [0.29, 0.717) is 23.8 Å². The van der Waals surface area contributed by atoms with E-state index in [9.17, 15) is 0 Å². The molecule has 1 saturated heterocycles. The summed E-state index contributed by atoms with van der Waals surface area (Å²) in [4.78, 5) is 8.89. The Morgan fingerprint density at radius 1 is 1.21 bits per heavy atom. The Bertz CT molecular complexity index is 941. The molecule has 0 saturated carbocycles. The van der Waals surface area contributed by atoms with E-state index in [1.165, 1.54) is 0 Å². The smallest absolute Gasteiger partial charge is 0.207 e. The number of aryl methyl sites for hydroxylation is 1. The third kappa shape index (κ3) is 7.14. The van der Waals surface area contributed by atoms with Gasteiger partial charge in [0.1, 0.15) is 6.61 Å². The van der Waals surface area contributed by atoms with Crippen LogP contribution in [0.5, 0.6) is 5.75 Å². The van der Waals surface area contributed by atoms with Crippen LogP contribution in [0.25, 0.3) is 0 Å². The topological polar surface area (TPSA) is 62.2 Å². The van der Waals surface area contributed by atoms with Crippen LogP contribution < -0.4 is 15.1 Å². The van der Waals surface area contributed by atoms with Gasteiger partial charge in [-0.2, -0.15) is 9.49 Å². The predicted molar refractivity (Wildman–Crippen MR) is 137 cm³/mol. The SMILES string of the molecule is CCCN(CCC)c1nc(N/N=C/c2cccc(C)c2)c(C)c(OCCN2CCOCC2)c1F. The van der Waals surface area contributed by atoms with Gasteiger partial charge < -0.3 is 14.4 Å². The molecule has 2 heterocycles. The van der Waals surface area contributed by atoms with Crippen LogP contribution in [-0.2, 0) is 4.74 Å². The minimum Gasteiger partial charge on any atom is -0.489 e. The normalized spacial score (nSPS) is 14.5. The molecule has 0 unspecified atom stereocenters. The van der Waals surface area contributed by atoms with Crippen molar-refractivity contribution in [3.8, 4) is 5.75 Å². The van der Waals surface area contributed by atoms with Crippen LogP contribution in [0.4, 0.5) is 16.0 Å². The lowest BCUT2D eigenvalue weighted by Gasteiger charge is -2.27. The number of anilines is 2. The summed E-state index contributed by atoms with van der Waals surface area (Å²) in [5.41, 5.74) is 5.77. The Kier molecular flexibility index (Phi) is 10.1. The molecule has 1 aliphatic rings. The van der Waals surface area contributed by atoms with E-state index >= 15 is 4.39 Å². The summed E-state index contributed by atoms with van der Waals surface area (Å²) in [5.74, 6) is 0.640. The second kappa shape index (κ2) is 13.2. The van der Waals surface area contributed by atoms with E-state index < -0.39 is 5.82 Å². The molecule has 0 atom stereocenters. The Morgan fingerprint density at radius 2 is 1.94 bits per heavy atom. The van der Waals surface area contributed by atoms with Gasteiger partial charge in [0.2, 0.25) is 5.82 Å². The number of aromatic nitrogens is 1. The monoisotopic (exact) mass is 471 g/mol. The van der Waals surface area contributed by atoms with E-state index in [1.807, 2.05) is 43.0 Å². The molecular weight excluding hydrogens is 433 g/mol. The number of ether oxygens (including phenoxy) is 2. The number of hydrogen-bond acceptors (Lipinski definition) is 7. The average Bonchev–Trinajstić information content (AvgIpc) is 2.83. The van der Waals surface area contributed by atoms with Crippen LogP contribution in [0.1, 0.15) is 43.4 Å². The first kappa shape index (κ1) is 25.9. The lowest BCUT2D eigenvalue weighted by atomic mass is 10.2. The highest BCUT2D eigenvalue weighted by Gasteiger charge is 2.23. The summed E-state index contributed by atoms with van der Waals surface area (Å²) >= 11 is 0. The van der Waals surface area contributed by atoms with E-state index in [0.717, 1.165) is 69.9 Å². The first-order chi connectivity index (χ1) is 16.5. The quantitative estimate of drug-likeness (QED) is 0.360. The number of nitrogens with one attached hydrogen (secondary N) is 1. The Balaban J connectivity index is 1.84. The predicted octanol–water partition coefficient (Wildman–Crippen LogP) is 4.62. The Morgan fingerprint density at radius 3 is 2.62 bits per heavy atom. The standard InChI is InChI=1S/C26H38FN5O2/c1-5-10-32(11-6-2)26-23(27)24(34-17-14-31-12-15-33-16-13-31)21(4)25(29-26)30-28-19-22-9-7-8-20(3)18-22/h7-9,18-19H,5-6,10-17H2,1-4H3,(H,29,30)/b28-19+. The summed E-state index contributed by atoms with van der Waals surface area (Å²) in [6.45, 7) is 13.8. The van der Waals surface area contributed by atoms with Gasteiger partial charge in [-0.05, 0) is 32.3 Å². The molecule has 1 aromatic heterocycles. The molecule has 186 valence electrons. The zero-order valence-electron chi connectivity index (χ0n) is 20.9. The van der Waals surface area contributed by atoms with Gasteiger partial charge in [-0.25, -0.2) is 4.98 Å². The summed E-state index contributed by atoms with van der Waals surface area (Å²) in [5, 5.41) is 4.37. The van der Waals surface area contributed by atoms with Gasteiger partial charge in [-0.1, -0.05) is 43.7 Å². The van der Waals surface area contributed by atoms with Crippen molar-refractivity contribution >= 4 is 17.9 Å². The zero-order valence-corrected chi connectivity index (χ0v) is 20.9.